The number of hydrogen-bond acceptors (Lipinski definition) is 2. The van der Waals surface area contributed by atoms with E-state index in [-0.39, 0.29) is 0 Å². The van der Waals surface area contributed by atoms with Crippen LogP contribution in [-0.2, 0) is 6.54 Å². The fraction of sp³-hybridized carbons (Fsp3) is 0.0800. The lowest BCUT2D eigenvalue weighted by Crippen LogP contribution is -1.98. The molecule has 3 aromatic carbocycles. The molecule has 0 aliphatic carbocycles. The van der Waals surface area contributed by atoms with Gasteiger partial charge in [-0.1, -0.05) is 57.9 Å². The zero-order valence-corrected chi connectivity index (χ0v) is 19.2. The molecule has 0 radical (unpaired) electrons. The number of aromatic nitrogens is 1. The van der Waals surface area contributed by atoms with Crippen molar-refractivity contribution in [3.05, 3.63) is 99.6 Å². The van der Waals surface area contributed by atoms with Gasteiger partial charge >= 0.3 is 0 Å². The van der Waals surface area contributed by atoms with Crippen LogP contribution in [0.5, 0.6) is 0 Å². The monoisotopic (exact) mass is 492 g/mol. The second kappa shape index (κ2) is 9.57. The van der Waals surface area contributed by atoms with Crippen LogP contribution in [0.15, 0.2) is 88.4 Å². The highest BCUT2D eigenvalue weighted by atomic mass is 79.9. The maximum atomic E-state index is 9.74. The van der Waals surface area contributed by atoms with E-state index in [2.05, 4.69) is 51.0 Å². The highest BCUT2D eigenvalue weighted by molar-refractivity contribution is 9.10. The molecule has 148 valence electrons. The smallest absolute Gasteiger partial charge is 0.0998 e. The fourth-order valence-electron chi connectivity index (χ4n) is 3.36. The topological polar surface area (TPSA) is 28.7 Å². The van der Waals surface area contributed by atoms with Gasteiger partial charge in [0.2, 0.25) is 0 Å². The maximum absolute atomic E-state index is 9.74. The average Bonchev–Trinajstić information content (AvgIpc) is 3.11. The third-order valence-electron chi connectivity index (χ3n) is 4.79. The minimum atomic E-state index is 0.648. The van der Waals surface area contributed by atoms with Gasteiger partial charge < -0.3 is 4.57 Å². The Hall–Kier alpha value is -2.45. The molecule has 0 aliphatic heterocycles. The van der Waals surface area contributed by atoms with E-state index in [1.165, 1.54) is 10.4 Å². The molecule has 0 atom stereocenters. The highest BCUT2D eigenvalue weighted by Crippen LogP contribution is 2.28. The average molecular weight is 494 g/mol. The third kappa shape index (κ3) is 4.82. The summed E-state index contributed by atoms with van der Waals surface area (Å²) >= 11 is 11.3. The number of rotatable bonds is 6. The van der Waals surface area contributed by atoms with Crippen molar-refractivity contribution >= 4 is 61.8 Å². The Morgan fingerprint density at radius 2 is 1.87 bits per heavy atom. The molecule has 5 heteroatoms. The standard InChI is InChI=1S/C25H18BrClN2S/c26-21-5-3-4-18(15-21)19(16-28)14-20-17-29(25-7-2-1-6-24(20)25)12-13-30-23-10-8-22(27)9-11-23/h1-11,14-15,17H,12-13H2/b19-14-. The number of hydrogen-bond donors (Lipinski definition) is 0. The van der Waals surface area contributed by atoms with Gasteiger partial charge in [-0.3, -0.25) is 0 Å². The van der Waals surface area contributed by atoms with Gasteiger partial charge in [0.15, 0.2) is 0 Å². The molecule has 0 saturated carbocycles. The van der Waals surface area contributed by atoms with Crippen LogP contribution in [0.2, 0.25) is 5.02 Å². The van der Waals surface area contributed by atoms with Crippen molar-refractivity contribution in [3.8, 4) is 6.07 Å². The number of para-hydroxylation sites is 1. The van der Waals surface area contributed by atoms with E-state index >= 15 is 0 Å². The van der Waals surface area contributed by atoms with Crippen LogP contribution >= 0.6 is 39.3 Å². The number of thioether (sulfide) groups is 1. The van der Waals surface area contributed by atoms with E-state index in [9.17, 15) is 5.26 Å². The van der Waals surface area contributed by atoms with Crippen molar-refractivity contribution in [3.63, 3.8) is 0 Å². The molecular weight excluding hydrogens is 476 g/mol. The predicted octanol–water partition coefficient (Wildman–Crippen LogP) is 7.91. The summed E-state index contributed by atoms with van der Waals surface area (Å²) in [5.74, 6) is 0.945. The molecule has 4 rings (SSSR count). The van der Waals surface area contributed by atoms with E-state index < -0.39 is 0 Å². The summed E-state index contributed by atoms with van der Waals surface area (Å²) in [5, 5.41) is 11.6. The zero-order valence-electron chi connectivity index (χ0n) is 16.1. The lowest BCUT2D eigenvalue weighted by Gasteiger charge is -2.05. The van der Waals surface area contributed by atoms with Crippen LogP contribution < -0.4 is 0 Å². The van der Waals surface area contributed by atoms with Crippen molar-refractivity contribution < 1.29 is 0 Å². The van der Waals surface area contributed by atoms with Gasteiger partial charge in [-0.25, -0.2) is 0 Å². The Labute approximate surface area is 193 Å². The van der Waals surface area contributed by atoms with E-state index in [1.54, 1.807) is 11.8 Å². The molecule has 1 heterocycles. The summed E-state index contributed by atoms with van der Waals surface area (Å²) in [4.78, 5) is 1.21. The third-order valence-corrected chi connectivity index (χ3v) is 6.53. The van der Waals surface area contributed by atoms with Crippen LogP contribution in [0.4, 0.5) is 0 Å². The summed E-state index contributed by atoms with van der Waals surface area (Å²) in [6.45, 7) is 0.875. The summed E-state index contributed by atoms with van der Waals surface area (Å²) in [5.41, 5.74) is 3.78. The van der Waals surface area contributed by atoms with Gasteiger partial charge in [0.05, 0.1) is 11.6 Å². The molecule has 30 heavy (non-hydrogen) atoms. The normalized spacial score (nSPS) is 11.6. The van der Waals surface area contributed by atoms with Crippen LogP contribution in [0, 0.1) is 11.3 Å². The Morgan fingerprint density at radius 1 is 1.07 bits per heavy atom. The minimum absolute atomic E-state index is 0.648. The van der Waals surface area contributed by atoms with Gasteiger partial charge in [-0.05, 0) is 54.1 Å². The van der Waals surface area contributed by atoms with Gasteiger partial charge in [0.25, 0.3) is 0 Å². The number of nitrogens with zero attached hydrogens (tertiary/aromatic N) is 2. The highest BCUT2D eigenvalue weighted by Gasteiger charge is 2.09. The molecule has 0 bridgehead atoms. The van der Waals surface area contributed by atoms with Crippen molar-refractivity contribution in [1.29, 1.82) is 5.26 Å². The predicted molar refractivity (Wildman–Crippen MR) is 132 cm³/mol. The van der Waals surface area contributed by atoms with Crippen molar-refractivity contribution in [1.82, 2.24) is 4.57 Å². The van der Waals surface area contributed by atoms with E-state index in [4.69, 9.17) is 11.6 Å². The first kappa shape index (κ1) is 20.8. The van der Waals surface area contributed by atoms with Gasteiger partial charge in [-0.15, -0.1) is 11.8 Å². The molecule has 0 aliphatic rings. The minimum Gasteiger partial charge on any atom is -0.346 e. The van der Waals surface area contributed by atoms with E-state index in [0.717, 1.165) is 38.3 Å². The van der Waals surface area contributed by atoms with Gasteiger partial charge in [0, 0.05) is 49.4 Å². The molecule has 0 fully saturated rings. The number of allylic oxidation sites excluding steroid dienone is 1. The summed E-state index contributed by atoms with van der Waals surface area (Å²) in [6, 6.07) is 26.5. The van der Waals surface area contributed by atoms with Crippen molar-refractivity contribution in [2.45, 2.75) is 11.4 Å². The molecule has 1 aromatic heterocycles. The molecular formula is C25H18BrClN2S. The number of halogens is 2. The first-order valence-electron chi connectivity index (χ1n) is 9.48. The lowest BCUT2D eigenvalue weighted by atomic mass is 10.0. The SMILES string of the molecule is N#C/C(=C/c1cn(CCSc2ccc(Cl)cc2)c2ccccc12)c1cccc(Br)c1. The molecule has 0 spiro atoms. The summed E-state index contributed by atoms with van der Waals surface area (Å²) < 4.78 is 3.22. The number of aryl methyl sites for hydroxylation is 1. The Morgan fingerprint density at radius 3 is 2.63 bits per heavy atom. The number of fused-ring (bicyclic) bond motifs is 1. The van der Waals surface area contributed by atoms with Gasteiger partial charge in [0.1, 0.15) is 0 Å². The largest absolute Gasteiger partial charge is 0.346 e. The second-order valence-corrected chi connectivity index (χ2v) is 9.30. The van der Waals surface area contributed by atoms with Crippen LogP contribution in [0.3, 0.4) is 0 Å². The Kier molecular flexibility index (Phi) is 6.64. The lowest BCUT2D eigenvalue weighted by molar-refractivity contribution is 0.807. The van der Waals surface area contributed by atoms with E-state index in [0.29, 0.717) is 5.57 Å². The van der Waals surface area contributed by atoms with Crippen LogP contribution in [0.25, 0.3) is 22.6 Å². The zero-order chi connectivity index (χ0) is 20.9. The molecule has 4 aromatic rings. The summed E-state index contributed by atoms with van der Waals surface area (Å²) in [7, 11) is 0. The molecule has 0 N–H and O–H groups in total. The molecule has 2 nitrogen and oxygen atoms in total. The molecule has 0 unspecified atom stereocenters. The Bertz CT molecular complexity index is 1250. The van der Waals surface area contributed by atoms with E-state index in [1.807, 2.05) is 60.7 Å². The quantitative estimate of drug-likeness (QED) is 0.202. The number of benzene rings is 3. The molecule has 0 amide bonds. The molecule has 0 saturated heterocycles. The Balaban J connectivity index is 1.62. The maximum Gasteiger partial charge on any atom is 0.0998 e. The first-order valence-corrected chi connectivity index (χ1v) is 11.6. The van der Waals surface area contributed by atoms with Crippen molar-refractivity contribution in [2.24, 2.45) is 0 Å². The van der Waals surface area contributed by atoms with Crippen LogP contribution in [0.1, 0.15) is 11.1 Å². The number of nitriles is 1. The van der Waals surface area contributed by atoms with Gasteiger partial charge in [-0.2, -0.15) is 5.26 Å². The van der Waals surface area contributed by atoms with Crippen LogP contribution in [-0.4, -0.2) is 10.3 Å². The second-order valence-electron chi connectivity index (χ2n) is 6.78. The summed E-state index contributed by atoms with van der Waals surface area (Å²) in [6.07, 6.45) is 4.12. The first-order chi connectivity index (χ1) is 14.6. The van der Waals surface area contributed by atoms with Crippen molar-refractivity contribution in [2.75, 3.05) is 5.75 Å². The fourth-order valence-corrected chi connectivity index (χ4v) is 4.74.